The number of aromatic carboxylic acids is 1. The van der Waals surface area contributed by atoms with Gasteiger partial charge in [-0.25, -0.2) is 4.79 Å². The Kier molecular flexibility index (Phi) is 2.86. The minimum Gasteiger partial charge on any atom is -0.485 e. The summed E-state index contributed by atoms with van der Waals surface area (Å²) in [5, 5.41) is 14.8. The number of carboxylic acids is 1. The highest BCUT2D eigenvalue weighted by Gasteiger charge is 2.13. The van der Waals surface area contributed by atoms with Crippen LogP contribution in [0.4, 0.5) is 0 Å². The molecular weight excluding hydrogens is 208 g/mol. The molecule has 0 aliphatic heterocycles. The highest BCUT2D eigenvalue weighted by molar-refractivity contribution is 5.88. The topological polar surface area (TPSA) is 75.2 Å². The number of nitrogens with zero attached hydrogens (tertiary/aromatic N) is 1. The number of rotatable bonds is 4. The van der Waals surface area contributed by atoms with Crippen molar-refractivity contribution >= 4 is 5.97 Å². The molecule has 0 atom stereocenters. The average molecular weight is 218 g/mol. The maximum atomic E-state index is 10.7. The molecule has 1 heterocycles. The molecule has 0 spiro atoms. The lowest BCUT2D eigenvalue weighted by Gasteiger charge is -2.04. The summed E-state index contributed by atoms with van der Waals surface area (Å²) >= 11 is 0. The number of carboxylic acid groups (broad SMARTS) is 1. The van der Waals surface area contributed by atoms with Gasteiger partial charge in [0.25, 0.3) is 0 Å². The summed E-state index contributed by atoms with van der Waals surface area (Å²) < 4.78 is 5.35. The van der Waals surface area contributed by atoms with Crippen LogP contribution in [0.5, 0.6) is 5.75 Å². The van der Waals surface area contributed by atoms with Gasteiger partial charge in [0.15, 0.2) is 11.4 Å². The summed E-state index contributed by atoms with van der Waals surface area (Å²) in [6.07, 6.45) is 1.35. The van der Waals surface area contributed by atoms with Crippen LogP contribution in [0.15, 0.2) is 36.5 Å². The summed E-state index contributed by atoms with van der Waals surface area (Å²) in [7, 11) is 0. The van der Waals surface area contributed by atoms with E-state index in [0.29, 0.717) is 6.61 Å². The van der Waals surface area contributed by atoms with Gasteiger partial charge in [0.05, 0.1) is 6.20 Å². The molecule has 82 valence electrons. The van der Waals surface area contributed by atoms with Gasteiger partial charge in [-0.2, -0.15) is 5.10 Å². The van der Waals surface area contributed by atoms with Gasteiger partial charge in [-0.15, -0.1) is 0 Å². The minimum atomic E-state index is -1.08. The number of hydrogen-bond donors (Lipinski definition) is 2. The molecule has 2 rings (SSSR count). The zero-order chi connectivity index (χ0) is 11.4. The van der Waals surface area contributed by atoms with Crippen molar-refractivity contribution in [1.29, 1.82) is 0 Å². The summed E-state index contributed by atoms with van der Waals surface area (Å²) in [4.78, 5) is 10.7. The van der Waals surface area contributed by atoms with Crippen molar-refractivity contribution in [2.24, 2.45) is 0 Å². The van der Waals surface area contributed by atoms with Crippen LogP contribution in [-0.2, 0) is 6.61 Å². The van der Waals surface area contributed by atoms with Gasteiger partial charge in [-0.1, -0.05) is 30.3 Å². The first-order valence-corrected chi connectivity index (χ1v) is 4.71. The Hall–Kier alpha value is -2.30. The number of nitrogens with one attached hydrogen (secondary N) is 1. The van der Waals surface area contributed by atoms with Gasteiger partial charge in [-0.05, 0) is 5.56 Å². The van der Waals surface area contributed by atoms with Gasteiger partial charge in [-0.3, -0.25) is 5.10 Å². The van der Waals surface area contributed by atoms with E-state index in [4.69, 9.17) is 9.84 Å². The minimum absolute atomic E-state index is 0.0315. The number of hydrogen-bond acceptors (Lipinski definition) is 3. The van der Waals surface area contributed by atoms with Crippen molar-refractivity contribution in [3.8, 4) is 5.75 Å². The molecule has 0 saturated carbocycles. The number of H-pyrrole nitrogens is 1. The molecule has 0 saturated heterocycles. The van der Waals surface area contributed by atoms with Crippen molar-refractivity contribution in [3.63, 3.8) is 0 Å². The number of carbonyl (C=O) groups is 1. The van der Waals surface area contributed by atoms with E-state index < -0.39 is 5.97 Å². The molecule has 16 heavy (non-hydrogen) atoms. The van der Waals surface area contributed by atoms with Crippen molar-refractivity contribution in [3.05, 3.63) is 47.8 Å². The molecule has 2 N–H and O–H groups in total. The molecule has 0 aliphatic carbocycles. The SMILES string of the molecule is O=C(O)c1[nH]ncc1OCc1ccccc1. The summed E-state index contributed by atoms with van der Waals surface area (Å²) in [5.41, 5.74) is 0.941. The van der Waals surface area contributed by atoms with E-state index in [9.17, 15) is 4.79 Å². The molecular formula is C11H10N2O3. The highest BCUT2D eigenvalue weighted by Crippen LogP contribution is 2.16. The van der Waals surface area contributed by atoms with Crippen molar-refractivity contribution in [2.45, 2.75) is 6.61 Å². The maximum absolute atomic E-state index is 10.7. The lowest BCUT2D eigenvalue weighted by Crippen LogP contribution is -2.02. The van der Waals surface area contributed by atoms with E-state index in [1.54, 1.807) is 0 Å². The van der Waals surface area contributed by atoms with Crippen LogP contribution in [-0.4, -0.2) is 21.3 Å². The Balaban J connectivity index is 2.05. The fraction of sp³-hybridized carbons (Fsp3) is 0.0909. The van der Waals surface area contributed by atoms with Crippen LogP contribution in [0.2, 0.25) is 0 Å². The normalized spacial score (nSPS) is 10.0. The van der Waals surface area contributed by atoms with Gasteiger partial charge >= 0.3 is 5.97 Å². The predicted octanol–water partition coefficient (Wildman–Crippen LogP) is 1.69. The number of ether oxygens (including phenoxy) is 1. The molecule has 1 aromatic carbocycles. The van der Waals surface area contributed by atoms with Gasteiger partial charge in [0.2, 0.25) is 0 Å². The van der Waals surface area contributed by atoms with E-state index in [2.05, 4.69) is 10.2 Å². The van der Waals surface area contributed by atoms with E-state index >= 15 is 0 Å². The third-order valence-corrected chi connectivity index (χ3v) is 2.06. The second kappa shape index (κ2) is 4.48. The van der Waals surface area contributed by atoms with Crippen molar-refractivity contribution in [2.75, 3.05) is 0 Å². The number of benzene rings is 1. The van der Waals surface area contributed by atoms with Crippen LogP contribution in [0.25, 0.3) is 0 Å². The van der Waals surface area contributed by atoms with E-state index in [1.807, 2.05) is 30.3 Å². The Bertz CT molecular complexity index is 479. The zero-order valence-corrected chi connectivity index (χ0v) is 8.38. The van der Waals surface area contributed by atoms with Crippen LogP contribution in [0.1, 0.15) is 16.1 Å². The Morgan fingerprint density at radius 1 is 1.38 bits per heavy atom. The summed E-state index contributed by atoms with van der Waals surface area (Å²) in [6.45, 7) is 0.320. The predicted molar refractivity (Wildman–Crippen MR) is 56.3 cm³/mol. The fourth-order valence-electron chi connectivity index (χ4n) is 1.27. The van der Waals surface area contributed by atoms with Gasteiger partial charge < -0.3 is 9.84 Å². The molecule has 0 aliphatic rings. The number of aromatic nitrogens is 2. The first-order valence-electron chi connectivity index (χ1n) is 4.71. The van der Waals surface area contributed by atoms with Gasteiger partial charge in [0.1, 0.15) is 6.61 Å². The molecule has 0 bridgehead atoms. The molecule has 0 unspecified atom stereocenters. The second-order valence-electron chi connectivity index (χ2n) is 3.19. The molecule has 2 aromatic rings. The molecule has 0 amide bonds. The molecule has 5 nitrogen and oxygen atoms in total. The summed E-state index contributed by atoms with van der Waals surface area (Å²) in [5.74, 6) is -0.836. The summed E-state index contributed by atoms with van der Waals surface area (Å²) in [6, 6.07) is 9.50. The largest absolute Gasteiger partial charge is 0.485 e. The Labute approximate surface area is 91.7 Å². The maximum Gasteiger partial charge on any atom is 0.357 e. The Morgan fingerprint density at radius 2 is 2.12 bits per heavy atom. The van der Waals surface area contributed by atoms with Crippen LogP contribution in [0.3, 0.4) is 0 Å². The monoisotopic (exact) mass is 218 g/mol. The smallest absolute Gasteiger partial charge is 0.357 e. The fourth-order valence-corrected chi connectivity index (χ4v) is 1.27. The van der Waals surface area contributed by atoms with E-state index in [-0.39, 0.29) is 11.4 Å². The third-order valence-electron chi connectivity index (χ3n) is 2.06. The van der Waals surface area contributed by atoms with Crippen molar-refractivity contribution in [1.82, 2.24) is 10.2 Å². The first kappa shape index (κ1) is 10.2. The molecule has 0 fully saturated rings. The van der Waals surface area contributed by atoms with Crippen molar-refractivity contribution < 1.29 is 14.6 Å². The van der Waals surface area contributed by atoms with Crippen LogP contribution in [0, 0.1) is 0 Å². The lowest BCUT2D eigenvalue weighted by atomic mass is 10.2. The van der Waals surface area contributed by atoms with Crippen LogP contribution >= 0.6 is 0 Å². The molecule has 1 aromatic heterocycles. The molecule has 0 radical (unpaired) electrons. The highest BCUT2D eigenvalue weighted by atomic mass is 16.5. The standard InChI is InChI=1S/C11H10N2O3/c14-11(15)10-9(6-12-13-10)16-7-8-4-2-1-3-5-8/h1-6H,7H2,(H,12,13)(H,14,15). The molecule has 5 heteroatoms. The quantitative estimate of drug-likeness (QED) is 0.818. The lowest BCUT2D eigenvalue weighted by molar-refractivity contribution is 0.0685. The first-order chi connectivity index (χ1) is 7.77. The Morgan fingerprint density at radius 3 is 2.81 bits per heavy atom. The van der Waals surface area contributed by atoms with Gasteiger partial charge in [0, 0.05) is 0 Å². The number of aromatic amines is 1. The van der Waals surface area contributed by atoms with E-state index in [0.717, 1.165) is 5.56 Å². The third kappa shape index (κ3) is 2.20. The van der Waals surface area contributed by atoms with Crippen LogP contribution < -0.4 is 4.74 Å². The average Bonchev–Trinajstić information content (AvgIpc) is 2.76. The van der Waals surface area contributed by atoms with E-state index in [1.165, 1.54) is 6.20 Å². The zero-order valence-electron chi connectivity index (χ0n) is 8.38. The second-order valence-corrected chi connectivity index (χ2v) is 3.19.